The van der Waals surface area contributed by atoms with Gasteiger partial charge in [-0.3, -0.25) is 15.7 Å². The van der Waals surface area contributed by atoms with E-state index in [-0.39, 0.29) is 12.2 Å². The number of hydrogen-bond donors (Lipinski definition) is 4. The first kappa shape index (κ1) is 15.8. The summed E-state index contributed by atoms with van der Waals surface area (Å²) in [5.41, 5.74) is 7.00. The molecule has 8 nitrogen and oxygen atoms in total. The van der Waals surface area contributed by atoms with Crippen LogP contribution in [0.2, 0.25) is 0 Å². The minimum Gasteiger partial charge on any atom is -0.321 e. The minimum atomic E-state index is -0.309. The average Bonchev–Trinajstić information content (AvgIpc) is 3.16. The Labute approximate surface area is 138 Å². The molecule has 0 saturated carbocycles. The molecule has 3 rings (SSSR count). The van der Waals surface area contributed by atoms with Crippen LogP contribution in [0.1, 0.15) is 20.3 Å². The van der Waals surface area contributed by atoms with Crippen LogP contribution in [0.25, 0.3) is 10.7 Å². The van der Waals surface area contributed by atoms with Crippen molar-refractivity contribution in [3.05, 3.63) is 24.4 Å². The molecule has 4 N–H and O–H groups in total. The van der Waals surface area contributed by atoms with Crippen LogP contribution < -0.4 is 21.5 Å². The minimum absolute atomic E-state index is 0.122. The molecule has 2 aromatic rings. The molecule has 3 heterocycles. The number of nitrogens with one attached hydrogen (secondary N) is 4. The number of anilines is 1. The summed E-state index contributed by atoms with van der Waals surface area (Å²) in [7, 11) is 0. The summed E-state index contributed by atoms with van der Waals surface area (Å²) in [6.45, 7) is 4.20. The Kier molecular flexibility index (Phi) is 4.79. The van der Waals surface area contributed by atoms with E-state index in [2.05, 4.69) is 50.5 Å². The Morgan fingerprint density at radius 3 is 2.91 bits per heavy atom. The molecule has 0 spiro atoms. The maximum absolute atomic E-state index is 12.1. The SMILES string of the molecule is CCC1NNC(NC(=O)Nc2nnc(-c3ccccn3)s2)C1C. The van der Waals surface area contributed by atoms with E-state index in [1.54, 1.807) is 6.20 Å². The van der Waals surface area contributed by atoms with Gasteiger partial charge in [-0.1, -0.05) is 31.3 Å². The highest BCUT2D eigenvalue weighted by atomic mass is 32.1. The Balaban J connectivity index is 1.58. The normalized spacial score (nSPS) is 23.7. The van der Waals surface area contributed by atoms with Crippen molar-refractivity contribution in [2.24, 2.45) is 5.92 Å². The molecule has 1 fully saturated rings. The zero-order chi connectivity index (χ0) is 16.2. The van der Waals surface area contributed by atoms with E-state index in [1.807, 2.05) is 18.2 Å². The van der Waals surface area contributed by atoms with Gasteiger partial charge in [0.05, 0.1) is 6.17 Å². The van der Waals surface area contributed by atoms with E-state index in [4.69, 9.17) is 0 Å². The lowest BCUT2D eigenvalue weighted by atomic mass is 10.00. The van der Waals surface area contributed by atoms with Crippen LogP contribution in [-0.2, 0) is 0 Å². The molecule has 23 heavy (non-hydrogen) atoms. The van der Waals surface area contributed by atoms with Crippen LogP contribution in [-0.4, -0.2) is 33.4 Å². The van der Waals surface area contributed by atoms with Gasteiger partial charge >= 0.3 is 6.03 Å². The van der Waals surface area contributed by atoms with Crippen molar-refractivity contribution in [2.75, 3.05) is 5.32 Å². The fraction of sp³-hybridized carbons (Fsp3) is 0.429. The Bertz CT molecular complexity index is 662. The van der Waals surface area contributed by atoms with Gasteiger partial charge in [0.25, 0.3) is 0 Å². The molecule has 0 aromatic carbocycles. The molecule has 2 aromatic heterocycles. The van der Waals surface area contributed by atoms with Gasteiger partial charge in [-0.25, -0.2) is 10.2 Å². The number of nitrogens with zero attached hydrogens (tertiary/aromatic N) is 3. The largest absolute Gasteiger partial charge is 0.322 e. The molecule has 1 aliphatic rings. The first-order chi connectivity index (χ1) is 11.2. The van der Waals surface area contributed by atoms with Gasteiger partial charge in [0.1, 0.15) is 5.69 Å². The molecular weight excluding hydrogens is 314 g/mol. The highest BCUT2D eigenvalue weighted by Gasteiger charge is 2.32. The van der Waals surface area contributed by atoms with Gasteiger partial charge in [0, 0.05) is 18.2 Å². The van der Waals surface area contributed by atoms with Crippen LogP contribution in [0.3, 0.4) is 0 Å². The third-order valence-corrected chi connectivity index (χ3v) is 4.70. The van der Waals surface area contributed by atoms with Gasteiger partial charge in [-0.15, -0.1) is 10.2 Å². The van der Waals surface area contributed by atoms with E-state index < -0.39 is 0 Å². The molecule has 3 unspecified atom stereocenters. The predicted octanol–water partition coefficient (Wildman–Crippen LogP) is 1.57. The molecule has 0 radical (unpaired) electrons. The van der Waals surface area contributed by atoms with E-state index in [0.717, 1.165) is 12.1 Å². The summed E-state index contributed by atoms with van der Waals surface area (Å²) >= 11 is 1.29. The van der Waals surface area contributed by atoms with Crippen LogP contribution in [0.5, 0.6) is 0 Å². The highest BCUT2D eigenvalue weighted by molar-refractivity contribution is 7.18. The second-order valence-electron chi connectivity index (χ2n) is 5.37. The maximum atomic E-state index is 12.1. The van der Waals surface area contributed by atoms with Crippen molar-refractivity contribution in [3.8, 4) is 10.7 Å². The number of aromatic nitrogens is 3. The number of amides is 2. The molecule has 3 atom stereocenters. The van der Waals surface area contributed by atoms with Gasteiger partial charge < -0.3 is 5.32 Å². The van der Waals surface area contributed by atoms with Gasteiger partial charge in [-0.05, 0) is 18.6 Å². The summed E-state index contributed by atoms with van der Waals surface area (Å²) in [5.74, 6) is 0.296. The van der Waals surface area contributed by atoms with Crippen molar-refractivity contribution >= 4 is 22.5 Å². The number of rotatable bonds is 4. The Morgan fingerprint density at radius 2 is 2.22 bits per heavy atom. The first-order valence-corrected chi connectivity index (χ1v) is 8.32. The number of hydrogen-bond acceptors (Lipinski definition) is 7. The van der Waals surface area contributed by atoms with Crippen molar-refractivity contribution in [3.63, 3.8) is 0 Å². The third kappa shape index (κ3) is 3.63. The maximum Gasteiger partial charge on any atom is 0.322 e. The predicted molar refractivity (Wildman–Crippen MR) is 88.6 cm³/mol. The van der Waals surface area contributed by atoms with Crippen LogP contribution in [0.4, 0.5) is 9.93 Å². The fourth-order valence-electron chi connectivity index (χ4n) is 2.47. The lowest BCUT2D eigenvalue weighted by Gasteiger charge is -2.18. The molecule has 0 aliphatic carbocycles. The summed E-state index contributed by atoms with van der Waals surface area (Å²) < 4.78 is 0. The molecule has 1 saturated heterocycles. The van der Waals surface area contributed by atoms with Gasteiger partial charge in [0.15, 0.2) is 5.01 Å². The lowest BCUT2D eigenvalue weighted by molar-refractivity contribution is 0.243. The van der Waals surface area contributed by atoms with E-state index in [1.165, 1.54) is 11.3 Å². The zero-order valence-electron chi connectivity index (χ0n) is 12.9. The van der Waals surface area contributed by atoms with Crippen molar-refractivity contribution in [1.29, 1.82) is 0 Å². The van der Waals surface area contributed by atoms with Crippen molar-refractivity contribution in [1.82, 2.24) is 31.3 Å². The van der Waals surface area contributed by atoms with Crippen LogP contribution in [0, 0.1) is 5.92 Å². The molecule has 0 bridgehead atoms. The summed E-state index contributed by atoms with van der Waals surface area (Å²) in [5, 5.41) is 14.7. The summed E-state index contributed by atoms with van der Waals surface area (Å²) in [6, 6.07) is 5.61. The average molecular weight is 333 g/mol. The topological polar surface area (TPSA) is 104 Å². The molecule has 9 heteroatoms. The van der Waals surface area contributed by atoms with Crippen LogP contribution >= 0.6 is 11.3 Å². The van der Waals surface area contributed by atoms with E-state index >= 15 is 0 Å². The molecule has 1 aliphatic heterocycles. The van der Waals surface area contributed by atoms with Gasteiger partial charge in [-0.2, -0.15) is 0 Å². The molecular formula is C14H19N7OS. The number of hydrazine groups is 1. The quantitative estimate of drug-likeness (QED) is 0.677. The van der Waals surface area contributed by atoms with Crippen LogP contribution in [0.15, 0.2) is 24.4 Å². The van der Waals surface area contributed by atoms with Gasteiger partial charge in [0.2, 0.25) is 5.13 Å². The standard InChI is InChI=1S/C14H19N7OS/c1-3-9-8(2)11(19-18-9)16-13(22)17-14-21-20-12(23-14)10-6-4-5-7-15-10/h4-9,11,18-19H,3H2,1-2H3,(H2,16,17,21,22). The second-order valence-corrected chi connectivity index (χ2v) is 6.34. The second kappa shape index (κ2) is 6.99. The monoisotopic (exact) mass is 333 g/mol. The van der Waals surface area contributed by atoms with Crippen molar-refractivity contribution in [2.45, 2.75) is 32.5 Å². The fourth-order valence-corrected chi connectivity index (χ4v) is 3.19. The van der Waals surface area contributed by atoms with E-state index in [0.29, 0.717) is 22.1 Å². The Hall–Kier alpha value is -2.10. The number of carbonyl (C=O) groups excluding carboxylic acids is 1. The third-order valence-electron chi connectivity index (χ3n) is 3.84. The Morgan fingerprint density at radius 1 is 1.35 bits per heavy atom. The first-order valence-electron chi connectivity index (χ1n) is 7.51. The highest BCUT2D eigenvalue weighted by Crippen LogP contribution is 2.24. The molecule has 122 valence electrons. The lowest BCUT2D eigenvalue weighted by Crippen LogP contribution is -2.48. The number of pyridine rings is 1. The number of carbonyl (C=O) groups is 1. The van der Waals surface area contributed by atoms with E-state index in [9.17, 15) is 4.79 Å². The van der Waals surface area contributed by atoms with Crippen molar-refractivity contribution < 1.29 is 4.79 Å². The molecule has 2 amide bonds. The zero-order valence-corrected chi connectivity index (χ0v) is 13.7. The summed E-state index contributed by atoms with van der Waals surface area (Å²) in [4.78, 5) is 16.3. The smallest absolute Gasteiger partial charge is 0.321 e. The summed E-state index contributed by atoms with van der Waals surface area (Å²) in [6.07, 6.45) is 2.57. The number of urea groups is 1.